The Morgan fingerprint density at radius 1 is 1.37 bits per heavy atom. The van der Waals surface area contributed by atoms with Gasteiger partial charge in [-0.3, -0.25) is 0 Å². The van der Waals surface area contributed by atoms with Crippen LogP contribution in [0.15, 0.2) is 18.2 Å². The normalized spacial score (nSPS) is 12.0. The van der Waals surface area contributed by atoms with E-state index in [1.807, 2.05) is 25.3 Å². The predicted octanol–water partition coefficient (Wildman–Crippen LogP) is 2.02. The average Bonchev–Trinajstić information content (AvgIpc) is 2.68. The highest BCUT2D eigenvalue weighted by molar-refractivity contribution is 5.92. The SMILES string of the molecule is CC(C)(C)c1nc2ccc(C(=O)O)cc2n1CCO. The van der Waals surface area contributed by atoms with Crippen molar-refractivity contribution in [3.8, 4) is 0 Å². The summed E-state index contributed by atoms with van der Waals surface area (Å²) in [5.41, 5.74) is 1.56. The van der Waals surface area contributed by atoms with Crippen LogP contribution in [0.25, 0.3) is 11.0 Å². The monoisotopic (exact) mass is 262 g/mol. The quantitative estimate of drug-likeness (QED) is 0.887. The van der Waals surface area contributed by atoms with Crippen LogP contribution in [0.1, 0.15) is 37.0 Å². The molecule has 0 spiro atoms. The zero-order valence-electron chi connectivity index (χ0n) is 11.3. The molecule has 1 aromatic heterocycles. The highest BCUT2D eigenvalue weighted by Crippen LogP contribution is 2.26. The minimum Gasteiger partial charge on any atom is -0.478 e. The van der Waals surface area contributed by atoms with Crippen molar-refractivity contribution in [1.29, 1.82) is 0 Å². The molecule has 5 nitrogen and oxygen atoms in total. The van der Waals surface area contributed by atoms with E-state index in [1.165, 1.54) is 0 Å². The molecule has 0 atom stereocenters. The largest absolute Gasteiger partial charge is 0.478 e. The number of rotatable bonds is 3. The molecular formula is C14H18N2O3. The van der Waals surface area contributed by atoms with Gasteiger partial charge in [-0.1, -0.05) is 20.8 Å². The fourth-order valence-corrected chi connectivity index (χ4v) is 2.15. The highest BCUT2D eigenvalue weighted by atomic mass is 16.4. The molecule has 0 aliphatic rings. The maximum absolute atomic E-state index is 11.0. The summed E-state index contributed by atoms with van der Waals surface area (Å²) in [4.78, 5) is 15.6. The first-order valence-corrected chi connectivity index (χ1v) is 6.19. The first-order valence-electron chi connectivity index (χ1n) is 6.19. The summed E-state index contributed by atoms with van der Waals surface area (Å²) in [6.45, 7) is 6.53. The first kappa shape index (κ1) is 13.5. The van der Waals surface area contributed by atoms with Gasteiger partial charge in [0.05, 0.1) is 23.2 Å². The van der Waals surface area contributed by atoms with Crippen molar-refractivity contribution < 1.29 is 15.0 Å². The van der Waals surface area contributed by atoms with Gasteiger partial charge in [0.1, 0.15) is 5.82 Å². The molecule has 19 heavy (non-hydrogen) atoms. The highest BCUT2D eigenvalue weighted by Gasteiger charge is 2.23. The van der Waals surface area contributed by atoms with Crippen LogP contribution in [0.4, 0.5) is 0 Å². The van der Waals surface area contributed by atoms with E-state index in [1.54, 1.807) is 18.2 Å². The van der Waals surface area contributed by atoms with E-state index in [0.29, 0.717) is 6.54 Å². The van der Waals surface area contributed by atoms with Gasteiger partial charge in [-0.2, -0.15) is 0 Å². The van der Waals surface area contributed by atoms with E-state index >= 15 is 0 Å². The van der Waals surface area contributed by atoms with E-state index in [-0.39, 0.29) is 17.6 Å². The molecule has 2 aromatic rings. The Kier molecular flexibility index (Phi) is 3.32. The molecule has 0 amide bonds. The maximum Gasteiger partial charge on any atom is 0.335 e. The van der Waals surface area contributed by atoms with Crippen LogP contribution in [0.5, 0.6) is 0 Å². The summed E-state index contributed by atoms with van der Waals surface area (Å²) >= 11 is 0. The minimum absolute atomic E-state index is 0.00810. The van der Waals surface area contributed by atoms with Gasteiger partial charge >= 0.3 is 5.97 Å². The van der Waals surface area contributed by atoms with Crippen LogP contribution in [0.3, 0.4) is 0 Å². The summed E-state index contributed by atoms with van der Waals surface area (Å²) in [6, 6.07) is 4.87. The number of hydrogen-bond donors (Lipinski definition) is 2. The Morgan fingerprint density at radius 3 is 2.58 bits per heavy atom. The van der Waals surface area contributed by atoms with Gasteiger partial charge < -0.3 is 14.8 Å². The molecule has 0 saturated carbocycles. The van der Waals surface area contributed by atoms with E-state index in [2.05, 4.69) is 4.98 Å². The van der Waals surface area contributed by atoms with E-state index in [9.17, 15) is 9.90 Å². The third-order valence-electron chi connectivity index (χ3n) is 2.99. The molecule has 0 fully saturated rings. The Morgan fingerprint density at radius 2 is 2.05 bits per heavy atom. The van der Waals surface area contributed by atoms with Crippen LogP contribution in [-0.4, -0.2) is 32.3 Å². The maximum atomic E-state index is 11.0. The zero-order valence-corrected chi connectivity index (χ0v) is 11.3. The molecule has 1 heterocycles. The first-order chi connectivity index (χ1) is 8.84. The van der Waals surface area contributed by atoms with Gasteiger partial charge in [-0.15, -0.1) is 0 Å². The van der Waals surface area contributed by atoms with Gasteiger partial charge in [0.15, 0.2) is 0 Å². The van der Waals surface area contributed by atoms with Gasteiger partial charge in [0, 0.05) is 12.0 Å². The predicted molar refractivity (Wildman–Crippen MR) is 72.5 cm³/mol. The molecule has 0 aliphatic carbocycles. The number of nitrogens with zero attached hydrogens (tertiary/aromatic N) is 2. The Balaban J connectivity index is 2.71. The van der Waals surface area contributed by atoms with Gasteiger partial charge in [0.2, 0.25) is 0 Å². The van der Waals surface area contributed by atoms with Crippen LogP contribution < -0.4 is 0 Å². The standard InChI is InChI=1S/C14H18N2O3/c1-14(2,3)13-15-10-5-4-9(12(18)19)8-11(10)16(13)6-7-17/h4-5,8,17H,6-7H2,1-3H3,(H,18,19). The summed E-state index contributed by atoms with van der Waals surface area (Å²) < 4.78 is 1.89. The van der Waals surface area contributed by atoms with E-state index < -0.39 is 5.97 Å². The fraction of sp³-hybridized carbons (Fsp3) is 0.429. The molecule has 2 rings (SSSR count). The van der Waals surface area contributed by atoms with Gasteiger partial charge in [-0.05, 0) is 18.2 Å². The number of aliphatic hydroxyl groups excluding tert-OH is 1. The molecule has 0 saturated heterocycles. The number of imidazole rings is 1. The van der Waals surface area contributed by atoms with E-state index in [4.69, 9.17) is 5.11 Å². The molecule has 0 aliphatic heterocycles. The molecule has 1 aromatic carbocycles. The topological polar surface area (TPSA) is 75.3 Å². The van der Waals surface area contributed by atoms with Crippen molar-refractivity contribution in [1.82, 2.24) is 9.55 Å². The molecule has 102 valence electrons. The van der Waals surface area contributed by atoms with Crippen molar-refractivity contribution in [3.05, 3.63) is 29.6 Å². The van der Waals surface area contributed by atoms with Crippen molar-refractivity contribution in [2.45, 2.75) is 32.7 Å². The molecular weight excluding hydrogens is 244 g/mol. The number of fused-ring (bicyclic) bond motifs is 1. The number of aromatic carboxylic acids is 1. The Bertz CT molecular complexity index is 623. The second-order valence-electron chi connectivity index (χ2n) is 5.57. The zero-order chi connectivity index (χ0) is 14.2. The lowest BCUT2D eigenvalue weighted by molar-refractivity contribution is 0.0697. The Labute approximate surface area is 111 Å². The third-order valence-corrected chi connectivity index (χ3v) is 2.99. The summed E-state index contributed by atoms with van der Waals surface area (Å²) in [6.07, 6.45) is 0. The van der Waals surface area contributed by atoms with Gasteiger partial charge in [-0.25, -0.2) is 9.78 Å². The second-order valence-corrected chi connectivity index (χ2v) is 5.57. The van der Waals surface area contributed by atoms with Crippen LogP contribution in [-0.2, 0) is 12.0 Å². The molecule has 0 radical (unpaired) electrons. The van der Waals surface area contributed by atoms with Crippen LogP contribution in [0, 0.1) is 0 Å². The number of carboxylic acid groups (broad SMARTS) is 1. The van der Waals surface area contributed by atoms with Crippen molar-refractivity contribution >= 4 is 17.0 Å². The van der Waals surface area contributed by atoms with E-state index in [0.717, 1.165) is 16.9 Å². The summed E-state index contributed by atoms with van der Waals surface area (Å²) in [5.74, 6) is -0.116. The molecule has 0 bridgehead atoms. The molecule has 5 heteroatoms. The number of aromatic nitrogens is 2. The minimum atomic E-state index is -0.962. The second kappa shape index (κ2) is 4.66. The number of aliphatic hydroxyl groups is 1. The molecule has 0 unspecified atom stereocenters. The summed E-state index contributed by atoms with van der Waals surface area (Å²) in [7, 11) is 0. The fourth-order valence-electron chi connectivity index (χ4n) is 2.15. The van der Waals surface area contributed by atoms with Crippen molar-refractivity contribution in [2.24, 2.45) is 0 Å². The number of carbonyl (C=O) groups is 1. The number of hydrogen-bond acceptors (Lipinski definition) is 3. The summed E-state index contributed by atoms with van der Waals surface area (Å²) in [5, 5.41) is 18.3. The third kappa shape index (κ3) is 2.46. The van der Waals surface area contributed by atoms with Gasteiger partial charge in [0.25, 0.3) is 0 Å². The Hall–Kier alpha value is -1.88. The van der Waals surface area contributed by atoms with Crippen LogP contribution in [0.2, 0.25) is 0 Å². The lowest BCUT2D eigenvalue weighted by Gasteiger charge is -2.19. The number of benzene rings is 1. The van der Waals surface area contributed by atoms with Crippen LogP contribution >= 0.6 is 0 Å². The average molecular weight is 262 g/mol. The lowest BCUT2D eigenvalue weighted by atomic mass is 9.95. The van der Waals surface area contributed by atoms with Crippen molar-refractivity contribution in [2.75, 3.05) is 6.61 Å². The van der Waals surface area contributed by atoms with Crippen molar-refractivity contribution in [3.63, 3.8) is 0 Å². The smallest absolute Gasteiger partial charge is 0.335 e. The number of carboxylic acids is 1. The molecule has 2 N–H and O–H groups in total. The lowest BCUT2D eigenvalue weighted by Crippen LogP contribution is -2.20.